The second kappa shape index (κ2) is 13.9. The van der Waals surface area contributed by atoms with Gasteiger partial charge in [0.2, 0.25) is 0 Å². The molecule has 6 nitrogen and oxygen atoms in total. The van der Waals surface area contributed by atoms with Crippen LogP contribution in [0.25, 0.3) is 0 Å². The summed E-state index contributed by atoms with van der Waals surface area (Å²) in [7, 11) is 9.33. The summed E-state index contributed by atoms with van der Waals surface area (Å²) in [6.07, 6.45) is 2.47. The monoisotopic (exact) mass is 478 g/mol. The average molecular weight is 478 g/mol. The molecule has 0 amide bonds. The number of benzene rings is 1. The molecule has 150 valence electrons. The molecule has 0 saturated carbocycles. The summed E-state index contributed by atoms with van der Waals surface area (Å²) in [6, 6.07) is 5.88. The van der Waals surface area contributed by atoms with Crippen molar-refractivity contribution < 1.29 is 9.47 Å². The summed E-state index contributed by atoms with van der Waals surface area (Å²) in [6.45, 7) is 5.93. The predicted octanol–water partition coefficient (Wildman–Crippen LogP) is 3.06. The first-order chi connectivity index (χ1) is 12.0. The molecule has 0 saturated heterocycles. The van der Waals surface area contributed by atoms with Gasteiger partial charge in [-0.05, 0) is 32.1 Å². The maximum atomic E-state index is 5.48. The summed E-state index contributed by atoms with van der Waals surface area (Å²) < 4.78 is 10.7. The summed E-state index contributed by atoms with van der Waals surface area (Å²) in [4.78, 5) is 8.82. The van der Waals surface area contributed by atoms with Crippen LogP contribution in [0.15, 0.2) is 23.2 Å². The highest BCUT2D eigenvalue weighted by Crippen LogP contribution is 2.25. The van der Waals surface area contributed by atoms with Gasteiger partial charge in [-0.2, -0.15) is 0 Å². The van der Waals surface area contributed by atoms with Crippen molar-refractivity contribution in [2.24, 2.45) is 4.99 Å². The first-order valence-corrected chi connectivity index (χ1v) is 8.86. The van der Waals surface area contributed by atoms with Crippen LogP contribution in [0.3, 0.4) is 0 Å². The quantitative estimate of drug-likeness (QED) is 0.318. The first-order valence-electron chi connectivity index (χ1n) is 8.86. The van der Waals surface area contributed by atoms with Gasteiger partial charge in [-0.15, -0.1) is 24.0 Å². The number of halogens is 1. The van der Waals surface area contributed by atoms with E-state index < -0.39 is 0 Å². The topological polar surface area (TPSA) is 49.3 Å². The lowest BCUT2D eigenvalue weighted by molar-refractivity contribution is 0.329. The molecular weight excluding hydrogens is 443 g/mol. The van der Waals surface area contributed by atoms with Crippen LogP contribution in [0.1, 0.15) is 25.3 Å². The third-order valence-corrected chi connectivity index (χ3v) is 4.15. The van der Waals surface area contributed by atoms with Crippen molar-refractivity contribution in [3.05, 3.63) is 23.8 Å². The van der Waals surface area contributed by atoms with E-state index in [2.05, 4.69) is 34.1 Å². The number of ether oxygens (including phenoxy) is 2. The molecule has 26 heavy (non-hydrogen) atoms. The Kier molecular flexibility index (Phi) is 13.3. The number of rotatable bonds is 10. The maximum absolute atomic E-state index is 5.48. The van der Waals surface area contributed by atoms with E-state index in [1.54, 1.807) is 14.2 Å². The Morgan fingerprint density at radius 1 is 1.15 bits per heavy atom. The number of hydrogen-bond donors (Lipinski definition) is 1. The molecular formula is C19H35IN4O2. The van der Waals surface area contributed by atoms with Crippen LogP contribution < -0.4 is 14.8 Å². The third kappa shape index (κ3) is 8.44. The van der Waals surface area contributed by atoms with Crippen molar-refractivity contribution in [3.8, 4) is 11.5 Å². The molecule has 0 unspecified atom stereocenters. The zero-order valence-corrected chi connectivity index (χ0v) is 19.4. The van der Waals surface area contributed by atoms with Crippen LogP contribution in [0, 0.1) is 0 Å². The summed E-state index contributed by atoms with van der Waals surface area (Å²) >= 11 is 0. The molecule has 1 N–H and O–H groups in total. The lowest BCUT2D eigenvalue weighted by Gasteiger charge is -2.24. The Balaban J connectivity index is 0.00000625. The Hall–Kier alpha value is -1.22. The number of unbranched alkanes of at least 4 members (excludes halogenated alkanes) is 1. The van der Waals surface area contributed by atoms with Crippen molar-refractivity contribution in [1.82, 2.24) is 15.1 Å². The fourth-order valence-electron chi connectivity index (χ4n) is 2.60. The second-order valence-electron chi connectivity index (χ2n) is 6.16. The molecule has 0 aliphatic carbocycles. The van der Waals surface area contributed by atoms with Gasteiger partial charge in [0.05, 0.1) is 14.2 Å². The minimum Gasteiger partial charge on any atom is -0.497 e. The molecule has 0 atom stereocenters. The Bertz CT molecular complexity index is 540. The van der Waals surface area contributed by atoms with Gasteiger partial charge in [-0.1, -0.05) is 13.3 Å². The first kappa shape index (κ1) is 24.8. The van der Waals surface area contributed by atoms with Crippen LogP contribution in [-0.2, 0) is 6.54 Å². The highest BCUT2D eigenvalue weighted by Gasteiger charge is 2.11. The largest absolute Gasteiger partial charge is 0.497 e. The van der Waals surface area contributed by atoms with E-state index in [-0.39, 0.29) is 24.0 Å². The number of nitrogens with zero attached hydrogens (tertiary/aromatic N) is 3. The third-order valence-electron chi connectivity index (χ3n) is 4.15. The number of methoxy groups -OCH3 is 2. The van der Waals surface area contributed by atoms with E-state index >= 15 is 0 Å². The fraction of sp³-hybridized carbons (Fsp3) is 0.632. The van der Waals surface area contributed by atoms with Crippen molar-refractivity contribution in [2.75, 3.05) is 55.0 Å². The van der Waals surface area contributed by atoms with Gasteiger partial charge < -0.3 is 24.6 Å². The van der Waals surface area contributed by atoms with Gasteiger partial charge in [-0.25, -0.2) is 0 Å². The van der Waals surface area contributed by atoms with E-state index in [0.717, 1.165) is 42.7 Å². The lowest BCUT2D eigenvalue weighted by atomic mass is 10.2. The molecule has 0 aliphatic heterocycles. The van der Waals surface area contributed by atoms with Crippen LogP contribution in [0.2, 0.25) is 0 Å². The minimum absolute atomic E-state index is 0. The van der Waals surface area contributed by atoms with Crippen LogP contribution in [-0.4, -0.2) is 70.8 Å². The zero-order chi connectivity index (χ0) is 18.7. The predicted molar refractivity (Wildman–Crippen MR) is 120 cm³/mol. The molecule has 1 aromatic rings. The van der Waals surface area contributed by atoms with Gasteiger partial charge in [0.1, 0.15) is 11.5 Å². The summed E-state index contributed by atoms with van der Waals surface area (Å²) in [5, 5.41) is 3.43. The van der Waals surface area contributed by atoms with Crippen LogP contribution in [0.4, 0.5) is 0 Å². The molecule has 0 aromatic heterocycles. The highest BCUT2D eigenvalue weighted by atomic mass is 127. The minimum atomic E-state index is 0. The normalized spacial score (nSPS) is 11.1. The number of aliphatic imine (C=N–C) groups is 1. The Morgan fingerprint density at radius 2 is 1.88 bits per heavy atom. The number of hydrogen-bond acceptors (Lipinski definition) is 4. The van der Waals surface area contributed by atoms with Gasteiger partial charge in [0, 0.05) is 45.4 Å². The number of nitrogens with one attached hydrogen (secondary N) is 1. The molecule has 0 bridgehead atoms. The molecule has 0 fully saturated rings. The summed E-state index contributed by atoms with van der Waals surface area (Å²) in [5.41, 5.74) is 1.09. The standard InChI is InChI=1S/C19H34N4O2.HI/c1-7-8-12-22(3)13-11-21-19(20-2)23(4)15-16-9-10-17(24-5)14-18(16)25-6;/h9-10,14H,7-8,11-13,15H2,1-6H3,(H,20,21);1H. The number of guanidine groups is 1. The van der Waals surface area contributed by atoms with Crippen LogP contribution in [0.5, 0.6) is 11.5 Å². The Morgan fingerprint density at radius 3 is 2.46 bits per heavy atom. The van der Waals surface area contributed by atoms with Gasteiger partial charge in [-0.3, -0.25) is 4.99 Å². The van der Waals surface area contributed by atoms with Gasteiger partial charge in [0.25, 0.3) is 0 Å². The van der Waals surface area contributed by atoms with E-state index in [1.807, 2.05) is 32.3 Å². The second-order valence-corrected chi connectivity index (χ2v) is 6.16. The van der Waals surface area contributed by atoms with E-state index in [0.29, 0.717) is 6.54 Å². The van der Waals surface area contributed by atoms with Crippen molar-refractivity contribution in [2.45, 2.75) is 26.3 Å². The maximum Gasteiger partial charge on any atom is 0.193 e. The highest BCUT2D eigenvalue weighted by molar-refractivity contribution is 14.0. The van der Waals surface area contributed by atoms with E-state index in [1.165, 1.54) is 12.8 Å². The molecule has 7 heteroatoms. The zero-order valence-electron chi connectivity index (χ0n) is 17.0. The molecule has 1 rings (SSSR count). The average Bonchev–Trinajstić information content (AvgIpc) is 2.63. The van der Waals surface area contributed by atoms with Crippen LogP contribution >= 0.6 is 24.0 Å². The van der Waals surface area contributed by atoms with Crippen molar-refractivity contribution in [3.63, 3.8) is 0 Å². The molecule has 1 aromatic carbocycles. The number of likely N-dealkylation sites (N-methyl/N-ethyl adjacent to an activating group) is 1. The molecule has 0 aliphatic rings. The lowest BCUT2D eigenvalue weighted by Crippen LogP contribution is -2.41. The molecule has 0 spiro atoms. The molecule has 0 heterocycles. The SMILES string of the molecule is CCCCN(C)CCNC(=NC)N(C)Cc1ccc(OC)cc1OC.I. The Labute approximate surface area is 176 Å². The smallest absolute Gasteiger partial charge is 0.193 e. The molecule has 0 radical (unpaired) electrons. The fourth-order valence-corrected chi connectivity index (χ4v) is 2.60. The summed E-state index contributed by atoms with van der Waals surface area (Å²) in [5.74, 6) is 2.49. The van der Waals surface area contributed by atoms with E-state index in [4.69, 9.17) is 9.47 Å². The van der Waals surface area contributed by atoms with Gasteiger partial charge >= 0.3 is 0 Å². The van der Waals surface area contributed by atoms with E-state index in [9.17, 15) is 0 Å². The van der Waals surface area contributed by atoms with Crippen molar-refractivity contribution in [1.29, 1.82) is 0 Å². The van der Waals surface area contributed by atoms with Crippen molar-refractivity contribution >= 4 is 29.9 Å². The van der Waals surface area contributed by atoms with Gasteiger partial charge in [0.15, 0.2) is 5.96 Å².